The maximum absolute atomic E-state index is 14.3. The van der Waals surface area contributed by atoms with Crippen molar-refractivity contribution in [1.82, 2.24) is 4.90 Å². The van der Waals surface area contributed by atoms with Crippen LogP contribution >= 0.6 is 0 Å². The number of carbonyl (C=O) groups excluding carboxylic acids is 2. The molecule has 0 radical (unpaired) electrons. The summed E-state index contributed by atoms with van der Waals surface area (Å²) in [7, 11) is 0. The van der Waals surface area contributed by atoms with Crippen LogP contribution in [0.4, 0.5) is 10.1 Å². The minimum Gasteiger partial charge on any atom is -0.350 e. The first-order chi connectivity index (χ1) is 15.4. The second kappa shape index (κ2) is 8.79. The molecule has 0 unspecified atom stereocenters. The van der Waals surface area contributed by atoms with E-state index in [2.05, 4.69) is 12.2 Å². The average Bonchev–Trinajstić information content (AvgIpc) is 3.00. The predicted octanol–water partition coefficient (Wildman–Crippen LogP) is 5.40. The topological polar surface area (TPSA) is 49.4 Å². The molecule has 1 aliphatic rings. The molecule has 0 spiro atoms. The molecule has 4 nitrogen and oxygen atoms in total. The second-order valence-electron chi connectivity index (χ2n) is 8.03. The first kappa shape index (κ1) is 21.5. The zero-order valence-electron chi connectivity index (χ0n) is 18.4. The number of nitrogens with zero attached hydrogens (tertiary/aromatic N) is 1. The third-order valence-corrected chi connectivity index (χ3v) is 5.74. The molecule has 0 saturated carbocycles. The SMILES string of the molecule is CCc1ccc(NC2=C(c3ccc(C)cc3C)C(=O)N(Cc3ccccc3F)C2=O)cc1. The van der Waals surface area contributed by atoms with E-state index in [1.54, 1.807) is 18.2 Å². The first-order valence-corrected chi connectivity index (χ1v) is 10.7. The summed E-state index contributed by atoms with van der Waals surface area (Å²) in [5.74, 6) is -1.34. The Hall–Kier alpha value is -3.73. The summed E-state index contributed by atoms with van der Waals surface area (Å²) in [6.45, 7) is 5.84. The third kappa shape index (κ3) is 4.06. The van der Waals surface area contributed by atoms with E-state index in [1.165, 1.54) is 11.6 Å². The van der Waals surface area contributed by atoms with Gasteiger partial charge in [-0.1, -0.05) is 61.0 Å². The van der Waals surface area contributed by atoms with E-state index in [0.29, 0.717) is 22.4 Å². The van der Waals surface area contributed by atoms with Gasteiger partial charge in [-0.05, 0) is 55.2 Å². The van der Waals surface area contributed by atoms with Gasteiger partial charge in [0.2, 0.25) is 0 Å². The second-order valence-corrected chi connectivity index (χ2v) is 8.03. The van der Waals surface area contributed by atoms with Crippen LogP contribution < -0.4 is 5.32 Å². The Kier molecular flexibility index (Phi) is 5.91. The van der Waals surface area contributed by atoms with Crippen LogP contribution in [0.5, 0.6) is 0 Å². The molecule has 3 aromatic carbocycles. The molecule has 0 atom stereocenters. The van der Waals surface area contributed by atoms with Crippen LogP contribution in [-0.2, 0) is 22.6 Å². The van der Waals surface area contributed by atoms with E-state index in [-0.39, 0.29) is 12.2 Å². The van der Waals surface area contributed by atoms with Crippen molar-refractivity contribution in [3.05, 3.63) is 106 Å². The number of aryl methyl sites for hydroxylation is 3. The number of nitrogens with one attached hydrogen (secondary N) is 1. The molecule has 0 aromatic heterocycles. The van der Waals surface area contributed by atoms with Crippen molar-refractivity contribution in [2.24, 2.45) is 0 Å². The number of anilines is 1. The third-order valence-electron chi connectivity index (χ3n) is 5.74. The van der Waals surface area contributed by atoms with Crippen LogP contribution in [0.1, 0.15) is 34.7 Å². The fourth-order valence-corrected chi connectivity index (χ4v) is 3.94. The normalized spacial score (nSPS) is 13.8. The quantitative estimate of drug-likeness (QED) is 0.535. The molecule has 5 heteroatoms. The van der Waals surface area contributed by atoms with E-state index < -0.39 is 17.6 Å². The standard InChI is InChI=1S/C27H25FN2O2/c1-4-19-10-12-21(13-11-19)29-25-24(22-14-9-17(2)15-18(22)3)26(31)30(27(25)32)16-20-7-5-6-8-23(20)28/h5-15,29H,4,16H2,1-3H3. The van der Waals surface area contributed by atoms with Gasteiger partial charge >= 0.3 is 0 Å². The molecule has 1 heterocycles. The summed E-state index contributed by atoms with van der Waals surface area (Å²) >= 11 is 0. The highest BCUT2D eigenvalue weighted by molar-refractivity contribution is 6.36. The number of carbonyl (C=O) groups is 2. The summed E-state index contributed by atoms with van der Waals surface area (Å²) in [6.07, 6.45) is 0.907. The van der Waals surface area contributed by atoms with Crippen molar-refractivity contribution < 1.29 is 14.0 Å². The zero-order chi connectivity index (χ0) is 22.8. The molecule has 0 bridgehead atoms. The summed E-state index contributed by atoms with van der Waals surface area (Å²) in [4.78, 5) is 27.9. The zero-order valence-corrected chi connectivity index (χ0v) is 18.4. The number of hydrogen-bond donors (Lipinski definition) is 1. The smallest absolute Gasteiger partial charge is 0.278 e. The number of halogens is 1. The number of imide groups is 1. The molecule has 0 fully saturated rings. The van der Waals surface area contributed by atoms with Gasteiger partial charge in [0, 0.05) is 11.3 Å². The van der Waals surface area contributed by atoms with Gasteiger partial charge in [-0.2, -0.15) is 0 Å². The number of amides is 2. The number of benzene rings is 3. The fraction of sp³-hybridized carbons (Fsp3) is 0.185. The van der Waals surface area contributed by atoms with E-state index in [1.807, 2.05) is 56.3 Å². The van der Waals surface area contributed by atoms with E-state index in [4.69, 9.17) is 0 Å². The van der Waals surface area contributed by atoms with Gasteiger partial charge in [-0.15, -0.1) is 0 Å². The van der Waals surface area contributed by atoms with Gasteiger partial charge in [-0.3, -0.25) is 14.5 Å². The highest BCUT2D eigenvalue weighted by Crippen LogP contribution is 2.33. The molecule has 32 heavy (non-hydrogen) atoms. The van der Waals surface area contributed by atoms with Crippen LogP contribution in [0.2, 0.25) is 0 Å². The lowest BCUT2D eigenvalue weighted by Gasteiger charge is -2.16. The Morgan fingerprint density at radius 1 is 0.906 bits per heavy atom. The summed E-state index contributed by atoms with van der Waals surface area (Å²) in [6, 6.07) is 19.7. The van der Waals surface area contributed by atoms with Crippen LogP contribution in [0.3, 0.4) is 0 Å². The summed E-state index contributed by atoms with van der Waals surface area (Å²) in [5, 5.41) is 3.17. The predicted molar refractivity (Wildman–Crippen MR) is 124 cm³/mol. The number of hydrogen-bond acceptors (Lipinski definition) is 3. The average molecular weight is 429 g/mol. The van der Waals surface area contributed by atoms with Crippen LogP contribution in [0.25, 0.3) is 5.57 Å². The molecule has 1 aliphatic heterocycles. The minimum atomic E-state index is -0.465. The lowest BCUT2D eigenvalue weighted by atomic mass is 9.97. The number of rotatable bonds is 6. The Morgan fingerprint density at radius 3 is 2.28 bits per heavy atom. The van der Waals surface area contributed by atoms with Gasteiger partial charge in [0.1, 0.15) is 11.5 Å². The lowest BCUT2D eigenvalue weighted by Crippen LogP contribution is -2.32. The monoisotopic (exact) mass is 428 g/mol. The van der Waals surface area contributed by atoms with Crippen molar-refractivity contribution in [3.63, 3.8) is 0 Å². The maximum atomic E-state index is 14.3. The van der Waals surface area contributed by atoms with Crippen molar-refractivity contribution in [1.29, 1.82) is 0 Å². The molecular formula is C27H25FN2O2. The van der Waals surface area contributed by atoms with Crippen LogP contribution in [0.15, 0.2) is 72.4 Å². The van der Waals surface area contributed by atoms with Gasteiger partial charge in [0.15, 0.2) is 0 Å². The fourth-order valence-electron chi connectivity index (χ4n) is 3.94. The minimum absolute atomic E-state index is 0.126. The Bertz CT molecular complexity index is 1230. The molecule has 2 amide bonds. The van der Waals surface area contributed by atoms with Gasteiger partial charge < -0.3 is 5.32 Å². The molecule has 3 aromatic rings. The molecular weight excluding hydrogens is 403 g/mol. The van der Waals surface area contributed by atoms with Crippen LogP contribution in [-0.4, -0.2) is 16.7 Å². The Balaban J connectivity index is 1.77. The van der Waals surface area contributed by atoms with Crippen molar-refractivity contribution in [2.45, 2.75) is 33.7 Å². The van der Waals surface area contributed by atoms with E-state index in [9.17, 15) is 14.0 Å². The van der Waals surface area contributed by atoms with Gasteiger partial charge in [0.05, 0.1) is 12.1 Å². The van der Waals surface area contributed by atoms with Crippen molar-refractivity contribution >= 4 is 23.1 Å². The molecule has 0 aliphatic carbocycles. The Labute approximate surface area is 187 Å². The van der Waals surface area contributed by atoms with E-state index in [0.717, 1.165) is 22.4 Å². The van der Waals surface area contributed by atoms with E-state index >= 15 is 0 Å². The van der Waals surface area contributed by atoms with Gasteiger partial charge in [-0.25, -0.2) is 4.39 Å². The largest absolute Gasteiger partial charge is 0.350 e. The summed E-state index contributed by atoms with van der Waals surface area (Å²) < 4.78 is 14.3. The van der Waals surface area contributed by atoms with Crippen molar-refractivity contribution in [2.75, 3.05) is 5.32 Å². The molecule has 162 valence electrons. The Morgan fingerprint density at radius 2 is 1.62 bits per heavy atom. The molecule has 1 N–H and O–H groups in total. The first-order valence-electron chi connectivity index (χ1n) is 10.7. The van der Waals surface area contributed by atoms with Gasteiger partial charge in [0.25, 0.3) is 11.8 Å². The molecule has 0 saturated heterocycles. The molecule has 4 rings (SSSR count). The maximum Gasteiger partial charge on any atom is 0.278 e. The summed E-state index contributed by atoms with van der Waals surface area (Å²) in [5.41, 5.74) is 5.36. The highest BCUT2D eigenvalue weighted by Gasteiger charge is 2.40. The van der Waals surface area contributed by atoms with Crippen molar-refractivity contribution in [3.8, 4) is 0 Å². The highest BCUT2D eigenvalue weighted by atomic mass is 19.1. The lowest BCUT2D eigenvalue weighted by molar-refractivity contribution is -0.137. The van der Waals surface area contributed by atoms with Crippen LogP contribution in [0, 0.1) is 19.7 Å².